The van der Waals surface area contributed by atoms with E-state index in [2.05, 4.69) is 58.5 Å². The lowest BCUT2D eigenvalue weighted by molar-refractivity contribution is 0.475. The zero-order valence-corrected chi connectivity index (χ0v) is 15.0. The first-order valence-corrected chi connectivity index (χ1v) is 8.24. The third-order valence-electron chi connectivity index (χ3n) is 3.43. The van der Waals surface area contributed by atoms with Crippen LogP contribution in [0.1, 0.15) is 0 Å². The molecule has 134 valence electrons. The number of ether oxygens (including phenoxy) is 1. The summed E-state index contributed by atoms with van der Waals surface area (Å²) in [6.45, 7) is 0. The van der Waals surface area contributed by atoms with Crippen LogP contribution in [0.15, 0.2) is 59.1 Å². The molecule has 4 heteroatoms. The first-order valence-electron chi connectivity index (χ1n) is 8.24. The van der Waals surface area contributed by atoms with Crippen LogP contribution in [0.25, 0.3) is 22.8 Å². The van der Waals surface area contributed by atoms with Gasteiger partial charge in [-0.15, -0.1) is 6.42 Å². The van der Waals surface area contributed by atoms with Crippen LogP contribution in [0.3, 0.4) is 0 Å². The molecular weight excluding hydrogens is 362 g/mol. The van der Waals surface area contributed by atoms with E-state index in [0.717, 1.165) is 11.1 Å². The molecule has 4 nitrogen and oxygen atoms in total. The second kappa shape index (κ2) is 9.67. The fraction of sp³-hybridized carbons (Fsp3) is 0. The van der Waals surface area contributed by atoms with E-state index < -0.39 is 0 Å². The SMILES string of the molecule is C#CC#CC#CC#CC#COc1ccc(-c2ncc(-c3ccc(O)cc3)o2)cc1. The number of nitrogens with zero attached hydrogens (tertiary/aromatic N) is 1. The van der Waals surface area contributed by atoms with Gasteiger partial charge in [0.15, 0.2) is 5.76 Å². The molecule has 0 aliphatic carbocycles. The number of benzene rings is 2. The fourth-order valence-electron chi connectivity index (χ4n) is 2.13. The smallest absolute Gasteiger partial charge is 0.226 e. The van der Waals surface area contributed by atoms with Crippen LogP contribution in [-0.2, 0) is 0 Å². The molecule has 0 aliphatic heterocycles. The Bertz CT molecular complexity index is 1290. The lowest BCUT2D eigenvalue weighted by Crippen LogP contribution is -1.83. The van der Waals surface area contributed by atoms with Crippen molar-refractivity contribution in [3.05, 3.63) is 54.7 Å². The van der Waals surface area contributed by atoms with Crippen LogP contribution in [0, 0.1) is 59.9 Å². The summed E-state index contributed by atoms with van der Waals surface area (Å²) in [6.07, 6.45) is 9.06. The average Bonchev–Trinajstić information content (AvgIpc) is 3.24. The van der Waals surface area contributed by atoms with Gasteiger partial charge in [0, 0.05) is 34.8 Å². The van der Waals surface area contributed by atoms with Gasteiger partial charge in [0.05, 0.1) is 6.20 Å². The van der Waals surface area contributed by atoms with E-state index in [1.165, 1.54) is 0 Å². The minimum absolute atomic E-state index is 0.195. The Morgan fingerprint density at radius 3 is 2.10 bits per heavy atom. The maximum Gasteiger partial charge on any atom is 0.226 e. The minimum atomic E-state index is 0.195. The lowest BCUT2D eigenvalue weighted by atomic mass is 10.2. The molecule has 0 amide bonds. The molecule has 0 fully saturated rings. The number of hydrogen-bond donors (Lipinski definition) is 1. The van der Waals surface area contributed by atoms with Gasteiger partial charge in [-0.05, 0) is 72.2 Å². The standard InChI is InChI=1S/C25H11NO3/c1-2-3-4-5-6-7-8-9-18-28-23-16-12-21(13-17-23)25-26-19-24(29-25)20-10-14-22(27)15-11-20/h1,10-17,19,27H. The number of hydrogen-bond acceptors (Lipinski definition) is 4. The van der Waals surface area contributed by atoms with Crippen LogP contribution in [0.2, 0.25) is 0 Å². The van der Waals surface area contributed by atoms with Gasteiger partial charge in [-0.25, -0.2) is 4.98 Å². The first kappa shape index (κ1) is 18.8. The van der Waals surface area contributed by atoms with Gasteiger partial charge in [-0.2, -0.15) is 0 Å². The predicted molar refractivity (Wildman–Crippen MR) is 110 cm³/mol. The maximum absolute atomic E-state index is 9.37. The summed E-state index contributed by atoms with van der Waals surface area (Å²) in [4.78, 5) is 4.29. The quantitative estimate of drug-likeness (QED) is 0.712. The van der Waals surface area contributed by atoms with E-state index in [-0.39, 0.29) is 5.75 Å². The number of oxazole rings is 1. The highest BCUT2D eigenvalue weighted by molar-refractivity contribution is 5.62. The van der Waals surface area contributed by atoms with Crippen LogP contribution >= 0.6 is 0 Å². The summed E-state index contributed by atoms with van der Waals surface area (Å²) < 4.78 is 11.1. The third kappa shape index (κ3) is 5.51. The molecule has 29 heavy (non-hydrogen) atoms. The van der Waals surface area contributed by atoms with Crippen molar-refractivity contribution in [3.8, 4) is 94.2 Å². The Morgan fingerprint density at radius 2 is 1.41 bits per heavy atom. The molecule has 0 radical (unpaired) electrons. The molecule has 3 rings (SSSR count). The van der Waals surface area contributed by atoms with Crippen molar-refractivity contribution in [3.63, 3.8) is 0 Å². The molecular formula is C25H11NO3. The molecule has 1 N–H and O–H groups in total. The van der Waals surface area contributed by atoms with Gasteiger partial charge < -0.3 is 14.3 Å². The van der Waals surface area contributed by atoms with Crippen LogP contribution < -0.4 is 4.74 Å². The summed E-state index contributed by atoms with van der Waals surface area (Å²) >= 11 is 0. The average molecular weight is 373 g/mol. The molecule has 2 aromatic carbocycles. The van der Waals surface area contributed by atoms with E-state index >= 15 is 0 Å². The molecule has 1 heterocycles. The zero-order valence-electron chi connectivity index (χ0n) is 15.0. The Hall–Kier alpha value is -4.95. The van der Waals surface area contributed by atoms with Crippen molar-refractivity contribution in [2.75, 3.05) is 0 Å². The van der Waals surface area contributed by atoms with E-state index in [9.17, 15) is 5.11 Å². The van der Waals surface area contributed by atoms with Gasteiger partial charge in [0.1, 0.15) is 17.6 Å². The number of aromatic nitrogens is 1. The van der Waals surface area contributed by atoms with E-state index in [0.29, 0.717) is 17.4 Å². The second-order valence-electron chi connectivity index (χ2n) is 5.32. The summed E-state index contributed by atoms with van der Waals surface area (Å²) in [7, 11) is 0. The van der Waals surface area contributed by atoms with Crippen LogP contribution in [-0.4, -0.2) is 10.1 Å². The molecule has 0 unspecified atom stereocenters. The van der Waals surface area contributed by atoms with Crippen molar-refractivity contribution in [2.45, 2.75) is 0 Å². The van der Waals surface area contributed by atoms with Crippen LogP contribution in [0.4, 0.5) is 0 Å². The van der Waals surface area contributed by atoms with Crippen molar-refractivity contribution < 1.29 is 14.3 Å². The van der Waals surface area contributed by atoms with Crippen molar-refractivity contribution in [2.24, 2.45) is 0 Å². The van der Waals surface area contributed by atoms with E-state index in [1.807, 2.05) is 12.1 Å². The van der Waals surface area contributed by atoms with Crippen molar-refractivity contribution in [1.29, 1.82) is 0 Å². The lowest BCUT2D eigenvalue weighted by Gasteiger charge is -1.99. The molecule has 1 aromatic heterocycles. The van der Waals surface area contributed by atoms with Gasteiger partial charge >= 0.3 is 0 Å². The van der Waals surface area contributed by atoms with E-state index in [4.69, 9.17) is 15.6 Å². The van der Waals surface area contributed by atoms with Gasteiger partial charge in [0.2, 0.25) is 5.89 Å². The monoisotopic (exact) mass is 373 g/mol. The summed E-state index contributed by atoms with van der Waals surface area (Å²) in [5, 5.41) is 9.37. The number of terminal acetylenes is 1. The van der Waals surface area contributed by atoms with Gasteiger partial charge in [-0.3, -0.25) is 0 Å². The van der Waals surface area contributed by atoms with Gasteiger partial charge in [0.25, 0.3) is 0 Å². The maximum atomic E-state index is 9.37. The van der Waals surface area contributed by atoms with Crippen molar-refractivity contribution >= 4 is 0 Å². The highest BCUT2D eigenvalue weighted by Gasteiger charge is 2.08. The molecule has 0 saturated heterocycles. The Morgan fingerprint density at radius 1 is 0.793 bits per heavy atom. The number of rotatable bonds is 3. The number of phenols is 1. The van der Waals surface area contributed by atoms with Gasteiger partial charge in [-0.1, -0.05) is 0 Å². The topological polar surface area (TPSA) is 55.5 Å². The number of aromatic hydroxyl groups is 1. The fourth-order valence-corrected chi connectivity index (χ4v) is 2.13. The van der Waals surface area contributed by atoms with E-state index in [1.54, 1.807) is 42.6 Å². The Labute approximate surface area is 168 Å². The summed E-state index contributed by atoms with van der Waals surface area (Å²) in [5.41, 5.74) is 1.61. The third-order valence-corrected chi connectivity index (χ3v) is 3.43. The normalized spacial score (nSPS) is 8.38. The van der Waals surface area contributed by atoms with Crippen LogP contribution in [0.5, 0.6) is 11.5 Å². The zero-order chi connectivity index (χ0) is 20.3. The molecule has 3 aromatic rings. The predicted octanol–water partition coefficient (Wildman–Crippen LogP) is 3.70. The molecule has 0 bridgehead atoms. The number of phenolic OH excluding ortho intramolecular Hbond substituents is 1. The summed E-state index contributed by atoms with van der Waals surface area (Å²) in [5.74, 6) is 21.3. The molecule has 0 aliphatic rings. The second-order valence-corrected chi connectivity index (χ2v) is 5.32. The minimum Gasteiger partial charge on any atom is -0.508 e. The Balaban J connectivity index is 1.62. The molecule has 0 spiro atoms. The summed E-state index contributed by atoms with van der Waals surface area (Å²) in [6, 6.07) is 13.8. The molecule has 0 atom stereocenters. The Kier molecular flexibility index (Phi) is 6.28. The van der Waals surface area contributed by atoms with Crippen molar-refractivity contribution in [1.82, 2.24) is 4.98 Å². The molecule has 0 saturated carbocycles. The largest absolute Gasteiger partial charge is 0.508 e. The first-order chi connectivity index (χ1) is 14.3. The highest BCUT2D eigenvalue weighted by atomic mass is 16.5. The highest BCUT2D eigenvalue weighted by Crippen LogP contribution is 2.28.